The fourth-order valence-electron chi connectivity index (χ4n) is 0.512. The molecule has 1 N–H and O–H groups in total. The Balaban J connectivity index is 3.20. The second-order valence-corrected chi connectivity index (χ2v) is 1.56. The summed E-state index contributed by atoms with van der Waals surface area (Å²) < 4.78 is 0. The first-order valence-corrected chi connectivity index (χ1v) is 2.44. The van der Waals surface area contributed by atoms with Crippen molar-refractivity contribution in [2.45, 2.75) is 0 Å². The number of rotatable bonds is 0. The molecule has 0 saturated carbocycles. The van der Waals surface area contributed by atoms with E-state index in [2.05, 4.69) is 6.07 Å². The average Bonchev–Trinajstić information content (AvgIpc) is 1.89. The van der Waals surface area contributed by atoms with Crippen molar-refractivity contribution < 1.29 is 5.11 Å². The Bertz CT molecular complexity index is 249. The standard InChI is InChI=1S/C7H4NO/c8-5-6-3-1-2-4-7(6)9/h2-4,9H. The molecular weight excluding hydrogens is 114 g/mol. The summed E-state index contributed by atoms with van der Waals surface area (Å²) in [7, 11) is 0. The average molecular weight is 118 g/mol. The number of aromatic hydroxyl groups is 1. The summed E-state index contributed by atoms with van der Waals surface area (Å²) in [5.74, 6) is 0.0104. The Morgan fingerprint density at radius 3 is 2.89 bits per heavy atom. The second kappa shape index (κ2) is 2.19. The molecule has 0 aliphatic rings. The van der Waals surface area contributed by atoms with Crippen molar-refractivity contribution in [3.63, 3.8) is 0 Å². The van der Waals surface area contributed by atoms with Gasteiger partial charge in [0, 0.05) is 0 Å². The summed E-state index contributed by atoms with van der Waals surface area (Å²) in [4.78, 5) is 0. The summed E-state index contributed by atoms with van der Waals surface area (Å²) in [6, 6.07) is 8.90. The molecule has 1 rings (SSSR count). The van der Waals surface area contributed by atoms with Crippen LogP contribution in [0.25, 0.3) is 0 Å². The topological polar surface area (TPSA) is 44.0 Å². The molecule has 0 heterocycles. The molecule has 0 aliphatic carbocycles. The maximum atomic E-state index is 8.87. The van der Waals surface area contributed by atoms with E-state index in [1.807, 2.05) is 6.07 Å². The Hall–Kier alpha value is -1.49. The zero-order valence-electron chi connectivity index (χ0n) is 4.63. The third-order valence-electron chi connectivity index (χ3n) is 0.962. The number of hydrogen-bond acceptors (Lipinski definition) is 2. The summed E-state index contributed by atoms with van der Waals surface area (Å²) in [6.07, 6.45) is 0. The Morgan fingerprint density at radius 2 is 2.44 bits per heavy atom. The first-order chi connectivity index (χ1) is 4.34. The molecule has 1 aromatic carbocycles. The quantitative estimate of drug-likeness (QED) is 0.553. The Labute approximate surface area is 53.0 Å². The summed E-state index contributed by atoms with van der Waals surface area (Å²) in [5.41, 5.74) is 0.262. The lowest BCUT2D eigenvalue weighted by Gasteiger charge is -1.89. The van der Waals surface area contributed by atoms with Crippen LogP contribution in [0.5, 0.6) is 5.75 Å². The predicted octanol–water partition coefficient (Wildman–Crippen LogP) is 1.06. The van der Waals surface area contributed by atoms with Crippen LogP contribution in [0, 0.1) is 17.4 Å². The van der Waals surface area contributed by atoms with Crippen molar-refractivity contribution in [3.05, 3.63) is 29.8 Å². The summed E-state index contributed by atoms with van der Waals surface area (Å²) in [5, 5.41) is 17.2. The number of benzene rings is 1. The number of hydrogen-bond donors (Lipinski definition) is 1. The molecule has 0 unspecified atom stereocenters. The lowest BCUT2D eigenvalue weighted by Crippen LogP contribution is -1.72. The monoisotopic (exact) mass is 118 g/mol. The van der Waals surface area contributed by atoms with Crippen LogP contribution in [0.1, 0.15) is 5.56 Å². The molecule has 0 fully saturated rings. The van der Waals surface area contributed by atoms with Gasteiger partial charge < -0.3 is 5.11 Å². The smallest absolute Gasteiger partial charge is 0.133 e. The van der Waals surface area contributed by atoms with Crippen molar-refractivity contribution in [2.24, 2.45) is 0 Å². The van der Waals surface area contributed by atoms with Gasteiger partial charge >= 0.3 is 0 Å². The van der Waals surface area contributed by atoms with Crippen molar-refractivity contribution in [3.8, 4) is 11.8 Å². The zero-order valence-corrected chi connectivity index (χ0v) is 4.63. The Kier molecular flexibility index (Phi) is 1.37. The number of nitriles is 1. The van der Waals surface area contributed by atoms with Crippen molar-refractivity contribution in [2.75, 3.05) is 0 Å². The third kappa shape index (κ3) is 1.000. The minimum atomic E-state index is 0.0104. The first kappa shape index (κ1) is 5.64. The molecule has 0 atom stereocenters. The van der Waals surface area contributed by atoms with Gasteiger partial charge in [0.05, 0.1) is 5.56 Å². The van der Waals surface area contributed by atoms with Crippen LogP contribution in [0.3, 0.4) is 0 Å². The number of phenols is 1. The van der Waals surface area contributed by atoms with Crippen LogP contribution in [-0.4, -0.2) is 5.11 Å². The Morgan fingerprint density at radius 1 is 1.67 bits per heavy atom. The molecule has 0 bridgehead atoms. The van der Waals surface area contributed by atoms with E-state index < -0.39 is 0 Å². The van der Waals surface area contributed by atoms with Crippen LogP contribution in [0.4, 0.5) is 0 Å². The maximum absolute atomic E-state index is 8.87. The molecule has 9 heavy (non-hydrogen) atoms. The lowest BCUT2D eigenvalue weighted by molar-refractivity contribution is 0.473. The van der Waals surface area contributed by atoms with Gasteiger partial charge in [-0.2, -0.15) is 5.26 Å². The third-order valence-corrected chi connectivity index (χ3v) is 0.962. The van der Waals surface area contributed by atoms with Gasteiger partial charge in [0.25, 0.3) is 0 Å². The molecule has 43 valence electrons. The van der Waals surface area contributed by atoms with Crippen molar-refractivity contribution in [1.29, 1.82) is 5.26 Å². The molecular formula is C7H4NO. The fourth-order valence-corrected chi connectivity index (χ4v) is 0.512. The van der Waals surface area contributed by atoms with Gasteiger partial charge in [0.15, 0.2) is 0 Å². The zero-order chi connectivity index (χ0) is 6.69. The van der Waals surface area contributed by atoms with Gasteiger partial charge in [0.2, 0.25) is 0 Å². The van der Waals surface area contributed by atoms with Crippen molar-refractivity contribution >= 4 is 0 Å². The van der Waals surface area contributed by atoms with Gasteiger partial charge in [-0.3, -0.25) is 0 Å². The van der Waals surface area contributed by atoms with E-state index in [9.17, 15) is 0 Å². The van der Waals surface area contributed by atoms with Gasteiger partial charge in [-0.25, -0.2) is 0 Å². The van der Waals surface area contributed by atoms with Gasteiger partial charge in [-0.15, -0.1) is 0 Å². The highest BCUT2D eigenvalue weighted by Crippen LogP contribution is 2.12. The highest BCUT2D eigenvalue weighted by atomic mass is 16.3. The van der Waals surface area contributed by atoms with Gasteiger partial charge in [0.1, 0.15) is 11.8 Å². The van der Waals surface area contributed by atoms with E-state index in [1.165, 1.54) is 12.1 Å². The minimum absolute atomic E-state index is 0.0104. The lowest BCUT2D eigenvalue weighted by atomic mass is 10.2. The molecule has 2 nitrogen and oxygen atoms in total. The molecule has 0 saturated heterocycles. The van der Waals surface area contributed by atoms with Crippen molar-refractivity contribution in [1.82, 2.24) is 0 Å². The van der Waals surface area contributed by atoms with Crippen LogP contribution in [-0.2, 0) is 0 Å². The van der Waals surface area contributed by atoms with E-state index in [1.54, 1.807) is 6.07 Å². The highest BCUT2D eigenvalue weighted by molar-refractivity contribution is 5.40. The molecule has 1 radical (unpaired) electrons. The number of phenolic OH excluding ortho intramolecular Hbond substituents is 1. The van der Waals surface area contributed by atoms with E-state index in [4.69, 9.17) is 10.4 Å². The van der Waals surface area contributed by atoms with Gasteiger partial charge in [-0.1, -0.05) is 6.07 Å². The van der Waals surface area contributed by atoms with E-state index in [-0.39, 0.29) is 11.3 Å². The van der Waals surface area contributed by atoms with E-state index in [0.717, 1.165) is 0 Å². The maximum Gasteiger partial charge on any atom is 0.133 e. The summed E-state index contributed by atoms with van der Waals surface area (Å²) in [6.45, 7) is 0. The normalized spacial score (nSPS) is 8.33. The molecule has 0 amide bonds. The van der Waals surface area contributed by atoms with Crippen LogP contribution in [0.2, 0.25) is 0 Å². The molecule has 2 heteroatoms. The largest absolute Gasteiger partial charge is 0.507 e. The molecule has 0 aromatic heterocycles. The van der Waals surface area contributed by atoms with E-state index >= 15 is 0 Å². The highest BCUT2D eigenvalue weighted by Gasteiger charge is 1.93. The van der Waals surface area contributed by atoms with Crippen LogP contribution in [0.15, 0.2) is 18.2 Å². The minimum Gasteiger partial charge on any atom is -0.507 e. The molecule has 0 spiro atoms. The number of nitrogens with zero attached hydrogens (tertiary/aromatic N) is 1. The van der Waals surface area contributed by atoms with Crippen LogP contribution >= 0.6 is 0 Å². The first-order valence-electron chi connectivity index (χ1n) is 2.44. The van der Waals surface area contributed by atoms with Crippen LogP contribution < -0.4 is 0 Å². The molecule has 0 aliphatic heterocycles. The summed E-state index contributed by atoms with van der Waals surface area (Å²) >= 11 is 0. The van der Waals surface area contributed by atoms with Gasteiger partial charge in [-0.05, 0) is 18.2 Å². The molecule has 1 aromatic rings. The second-order valence-electron chi connectivity index (χ2n) is 1.56. The predicted molar refractivity (Wildman–Crippen MR) is 31.7 cm³/mol. The van der Waals surface area contributed by atoms with E-state index in [0.29, 0.717) is 0 Å². The SMILES string of the molecule is N#Cc1c[c]ccc1O. The fraction of sp³-hybridized carbons (Fsp3) is 0.